The SMILES string of the molecule is CC(CCC(C)(C)C)CP(=O)(CC(C)CCC(C)(C)C)Oc1ccc2c(c1)Oc1cc(OP(=O)(CC(C)CCC(C)(C)C)CC(C)CCC(C)(C)C)ccc1C21OC(=O)c2ccccc21. The van der Waals surface area contributed by atoms with Gasteiger partial charge in [0.25, 0.3) is 0 Å². The smallest absolute Gasteiger partial charge is 0.340 e. The zero-order valence-electron chi connectivity index (χ0n) is 43.3. The number of carbonyl (C=O) groups is 1. The minimum Gasteiger partial charge on any atom is -0.456 e. The zero-order valence-corrected chi connectivity index (χ0v) is 45.1. The highest BCUT2D eigenvalue weighted by atomic mass is 31.2. The molecule has 3 aromatic rings. The zero-order chi connectivity index (χ0) is 48.4. The van der Waals surface area contributed by atoms with Crippen molar-refractivity contribution in [3.63, 3.8) is 0 Å². The van der Waals surface area contributed by atoms with Crippen molar-refractivity contribution in [1.29, 1.82) is 0 Å². The predicted octanol–water partition coefficient (Wildman–Crippen LogP) is 17.4. The summed E-state index contributed by atoms with van der Waals surface area (Å²) in [6.07, 6.45) is 9.97. The maximum Gasteiger partial charge on any atom is 0.340 e. The lowest BCUT2D eigenvalue weighted by Gasteiger charge is -2.37. The first-order chi connectivity index (χ1) is 29.9. The largest absolute Gasteiger partial charge is 0.456 e. The van der Waals surface area contributed by atoms with Crippen LogP contribution >= 0.6 is 14.7 Å². The normalized spacial score (nSPS) is 20.0. The van der Waals surface area contributed by atoms with Crippen molar-refractivity contribution >= 4 is 20.7 Å². The number of esters is 1. The number of hydrogen-bond donors (Lipinski definition) is 0. The maximum atomic E-state index is 15.2. The fraction of sp³-hybridized carbons (Fsp3) is 0.661. The Morgan fingerprint density at radius 3 is 1.18 bits per heavy atom. The molecule has 5 rings (SSSR count). The second kappa shape index (κ2) is 20.3. The van der Waals surface area contributed by atoms with Crippen LogP contribution in [0.4, 0.5) is 0 Å². The summed E-state index contributed by atoms with van der Waals surface area (Å²) in [7, 11) is -6.39. The van der Waals surface area contributed by atoms with E-state index in [1.54, 1.807) is 6.07 Å². The van der Waals surface area contributed by atoms with Crippen LogP contribution in [0.5, 0.6) is 23.0 Å². The third-order valence-corrected chi connectivity index (χ3v) is 18.9. The molecule has 0 aromatic heterocycles. The average Bonchev–Trinajstić information content (AvgIpc) is 3.45. The van der Waals surface area contributed by atoms with Crippen LogP contribution in [0.3, 0.4) is 0 Å². The number of fused-ring (bicyclic) bond motifs is 6. The molecule has 0 saturated carbocycles. The molecule has 65 heavy (non-hydrogen) atoms. The molecule has 0 N–H and O–H groups in total. The molecule has 1 spiro atoms. The van der Waals surface area contributed by atoms with Crippen molar-refractivity contribution in [2.45, 2.75) is 168 Å². The fourth-order valence-corrected chi connectivity index (χ4v) is 15.5. The van der Waals surface area contributed by atoms with E-state index in [-0.39, 0.29) is 45.3 Å². The summed E-state index contributed by atoms with van der Waals surface area (Å²) >= 11 is 0. The van der Waals surface area contributed by atoms with Crippen LogP contribution in [0.15, 0.2) is 60.7 Å². The van der Waals surface area contributed by atoms with E-state index in [1.807, 2.05) is 54.6 Å². The standard InChI is InChI=1S/C56H86O7P2/c1-39(25-29-52(5,6)7)35-64(58,36-40(2)26-30-53(8,9)10)62-43-21-23-47-49(33-43)60-50-34-44(22-24-48(50)56(47)46-20-18-17-19-45(46)51(57)61-56)63-65(59,37-41(3)27-31-54(11,12)13)38-42(4)28-32-55(14,15)16/h17-24,33-34,39-42H,25-32,35-38H2,1-16H3. The van der Waals surface area contributed by atoms with Gasteiger partial charge in [-0.2, -0.15) is 0 Å². The molecule has 7 nitrogen and oxygen atoms in total. The molecule has 0 radical (unpaired) electrons. The van der Waals surface area contributed by atoms with Crippen LogP contribution in [0.1, 0.15) is 189 Å². The van der Waals surface area contributed by atoms with Crippen LogP contribution in [0, 0.1) is 45.3 Å². The van der Waals surface area contributed by atoms with Gasteiger partial charge in [0, 0.05) is 53.5 Å². The van der Waals surface area contributed by atoms with Gasteiger partial charge in [-0.1, -0.05) is 129 Å². The second-order valence-corrected chi connectivity index (χ2v) is 30.5. The first kappa shape index (κ1) is 53.0. The molecule has 362 valence electrons. The van der Waals surface area contributed by atoms with Crippen molar-refractivity contribution in [3.05, 3.63) is 82.9 Å². The van der Waals surface area contributed by atoms with E-state index < -0.39 is 26.3 Å². The highest BCUT2D eigenvalue weighted by Gasteiger charge is 2.54. The summed E-state index contributed by atoms with van der Waals surface area (Å²) in [5.41, 5.74) is 1.93. The summed E-state index contributed by atoms with van der Waals surface area (Å²) in [6, 6.07) is 18.6. The molecular formula is C56H86O7P2. The van der Waals surface area contributed by atoms with Gasteiger partial charge in [0.15, 0.2) is 5.60 Å². The number of ether oxygens (including phenoxy) is 2. The van der Waals surface area contributed by atoms with E-state index in [9.17, 15) is 4.79 Å². The predicted molar refractivity (Wildman–Crippen MR) is 272 cm³/mol. The van der Waals surface area contributed by atoms with Gasteiger partial charge in [-0.3, -0.25) is 9.13 Å². The Hall–Kier alpha value is -3.01. The summed E-state index contributed by atoms with van der Waals surface area (Å²) in [4.78, 5) is 13.8. The lowest BCUT2D eigenvalue weighted by Crippen LogP contribution is -2.33. The van der Waals surface area contributed by atoms with Crippen molar-refractivity contribution in [1.82, 2.24) is 0 Å². The monoisotopic (exact) mass is 933 g/mol. The molecule has 0 amide bonds. The van der Waals surface area contributed by atoms with E-state index in [1.165, 1.54) is 0 Å². The van der Waals surface area contributed by atoms with Crippen LogP contribution in [0.25, 0.3) is 0 Å². The molecule has 0 aliphatic carbocycles. The third kappa shape index (κ3) is 15.0. The van der Waals surface area contributed by atoms with E-state index in [0.717, 1.165) is 56.9 Å². The Morgan fingerprint density at radius 1 is 0.508 bits per heavy atom. The van der Waals surface area contributed by atoms with Crippen molar-refractivity contribution < 1.29 is 32.4 Å². The molecule has 4 atom stereocenters. The number of rotatable bonds is 20. The molecule has 3 aromatic carbocycles. The van der Waals surface area contributed by atoms with Gasteiger partial charge in [-0.25, -0.2) is 4.79 Å². The van der Waals surface area contributed by atoms with Crippen molar-refractivity contribution in [2.24, 2.45) is 45.3 Å². The van der Waals surface area contributed by atoms with Crippen LogP contribution < -0.4 is 13.8 Å². The Bertz CT molecular complexity index is 2020. The van der Waals surface area contributed by atoms with Gasteiger partial charge in [0.2, 0.25) is 14.7 Å². The maximum absolute atomic E-state index is 15.2. The number of hydrogen-bond acceptors (Lipinski definition) is 7. The Balaban J connectivity index is 1.54. The lowest BCUT2D eigenvalue weighted by atomic mass is 9.77. The summed E-state index contributed by atoms with van der Waals surface area (Å²) in [6.45, 7) is 35.8. The molecule has 2 aliphatic rings. The van der Waals surface area contributed by atoms with Gasteiger partial charge in [0.1, 0.15) is 23.0 Å². The van der Waals surface area contributed by atoms with E-state index in [4.69, 9.17) is 18.5 Å². The van der Waals surface area contributed by atoms with Gasteiger partial charge < -0.3 is 18.5 Å². The Kier molecular flexibility index (Phi) is 16.5. The van der Waals surface area contributed by atoms with Gasteiger partial charge in [-0.05, 0) is 127 Å². The first-order valence-corrected chi connectivity index (χ1v) is 28.7. The average molecular weight is 933 g/mol. The quantitative estimate of drug-likeness (QED) is 0.0824. The van der Waals surface area contributed by atoms with Crippen molar-refractivity contribution in [3.8, 4) is 23.0 Å². The number of benzene rings is 3. The third-order valence-electron chi connectivity index (χ3n) is 13.1. The molecule has 2 aliphatic heterocycles. The molecule has 0 bridgehead atoms. The van der Waals surface area contributed by atoms with E-state index >= 15 is 9.13 Å². The summed E-state index contributed by atoms with van der Waals surface area (Å²) < 4.78 is 57.3. The fourth-order valence-electron chi connectivity index (χ4n) is 9.41. The minimum atomic E-state index is -3.19. The molecule has 0 fully saturated rings. The van der Waals surface area contributed by atoms with Gasteiger partial charge in [0.05, 0.1) is 5.56 Å². The van der Waals surface area contributed by atoms with E-state index in [0.29, 0.717) is 64.3 Å². The number of carbonyl (C=O) groups excluding carboxylic acids is 1. The second-order valence-electron chi connectivity index (χ2n) is 25.4. The highest BCUT2D eigenvalue weighted by molar-refractivity contribution is 7.59. The van der Waals surface area contributed by atoms with Crippen LogP contribution in [-0.2, 0) is 19.5 Å². The van der Waals surface area contributed by atoms with Gasteiger partial charge in [-0.15, -0.1) is 0 Å². The summed E-state index contributed by atoms with van der Waals surface area (Å²) in [5, 5.41) is 0. The van der Waals surface area contributed by atoms with Crippen LogP contribution in [-0.4, -0.2) is 30.6 Å². The Labute approximate surface area is 395 Å². The molecule has 0 saturated heterocycles. The minimum absolute atomic E-state index is 0.181. The highest BCUT2D eigenvalue weighted by Crippen LogP contribution is 2.60. The molecule has 2 heterocycles. The van der Waals surface area contributed by atoms with E-state index in [2.05, 4.69) is 111 Å². The lowest BCUT2D eigenvalue weighted by molar-refractivity contribution is 0.0224. The molecule has 4 unspecified atom stereocenters. The molecular weight excluding hydrogens is 847 g/mol. The summed E-state index contributed by atoms with van der Waals surface area (Å²) in [5.74, 6) is 2.24. The molecule has 9 heteroatoms. The Morgan fingerprint density at radius 2 is 0.846 bits per heavy atom. The van der Waals surface area contributed by atoms with Crippen molar-refractivity contribution in [2.75, 3.05) is 24.6 Å². The first-order valence-electron chi connectivity index (χ1n) is 24.7. The van der Waals surface area contributed by atoms with Crippen LogP contribution in [0.2, 0.25) is 0 Å². The van der Waals surface area contributed by atoms with Gasteiger partial charge >= 0.3 is 5.97 Å². The topological polar surface area (TPSA) is 88.1 Å².